The van der Waals surface area contributed by atoms with E-state index in [4.69, 9.17) is 14.2 Å². The van der Waals surface area contributed by atoms with Crippen molar-refractivity contribution in [2.75, 3.05) is 13.2 Å². The summed E-state index contributed by atoms with van der Waals surface area (Å²) in [7, 11) is 0. The smallest absolute Gasteiger partial charge is 0.306 e. The van der Waals surface area contributed by atoms with Crippen molar-refractivity contribution >= 4 is 17.9 Å². The topological polar surface area (TPSA) is 78.9 Å². The number of hydrogen-bond acceptors (Lipinski definition) is 6. The monoisotopic (exact) mass is 837 g/mol. The van der Waals surface area contributed by atoms with Gasteiger partial charge in [-0.3, -0.25) is 14.4 Å². The fourth-order valence-corrected chi connectivity index (χ4v) is 6.66. The van der Waals surface area contributed by atoms with Gasteiger partial charge in [-0.25, -0.2) is 0 Å². The Morgan fingerprint density at radius 3 is 1.05 bits per heavy atom. The Labute approximate surface area is 370 Å². The Morgan fingerprint density at radius 1 is 0.350 bits per heavy atom. The van der Waals surface area contributed by atoms with Crippen molar-refractivity contribution in [3.05, 3.63) is 72.9 Å². The van der Waals surface area contributed by atoms with Crippen molar-refractivity contribution in [3.63, 3.8) is 0 Å². The zero-order valence-corrected chi connectivity index (χ0v) is 39.2. The number of unbranched alkanes of at least 4 members (excludes halogenated alkanes) is 21. The second-order valence-corrected chi connectivity index (χ2v) is 16.3. The van der Waals surface area contributed by atoms with Crippen LogP contribution in [0.4, 0.5) is 0 Å². The largest absolute Gasteiger partial charge is 0.462 e. The molecule has 1 unspecified atom stereocenters. The lowest BCUT2D eigenvalue weighted by molar-refractivity contribution is -0.167. The average molecular weight is 837 g/mol. The molecule has 0 aromatic carbocycles. The molecule has 6 heteroatoms. The van der Waals surface area contributed by atoms with E-state index in [0.29, 0.717) is 19.3 Å². The summed E-state index contributed by atoms with van der Waals surface area (Å²) in [6.45, 7) is 6.43. The molecule has 0 N–H and O–H groups in total. The van der Waals surface area contributed by atoms with Gasteiger partial charge in [0.1, 0.15) is 13.2 Å². The van der Waals surface area contributed by atoms with E-state index in [1.165, 1.54) is 89.9 Å². The molecule has 0 aliphatic rings. The highest BCUT2D eigenvalue weighted by atomic mass is 16.6. The molecule has 0 aliphatic heterocycles. The summed E-state index contributed by atoms with van der Waals surface area (Å²) >= 11 is 0. The first-order valence-electron chi connectivity index (χ1n) is 24.9. The molecule has 0 aromatic heterocycles. The van der Waals surface area contributed by atoms with Gasteiger partial charge in [0.25, 0.3) is 0 Å². The van der Waals surface area contributed by atoms with Gasteiger partial charge < -0.3 is 14.2 Å². The zero-order chi connectivity index (χ0) is 43.7. The summed E-state index contributed by atoms with van der Waals surface area (Å²) in [5.41, 5.74) is 0. The predicted molar refractivity (Wildman–Crippen MR) is 256 cm³/mol. The molecule has 0 radical (unpaired) electrons. The number of ether oxygens (including phenoxy) is 3. The molecular weight excluding hydrogens is 745 g/mol. The molecule has 0 rings (SSSR count). The molecule has 0 saturated carbocycles. The summed E-state index contributed by atoms with van der Waals surface area (Å²) in [5, 5.41) is 0. The third-order valence-corrected chi connectivity index (χ3v) is 10.4. The van der Waals surface area contributed by atoms with Crippen LogP contribution in [0.25, 0.3) is 0 Å². The molecule has 0 aliphatic carbocycles. The fraction of sp³-hybridized carbons (Fsp3) is 0.722. The molecule has 0 spiro atoms. The first-order chi connectivity index (χ1) is 29.5. The summed E-state index contributed by atoms with van der Waals surface area (Å²) in [6.07, 6.45) is 60.2. The van der Waals surface area contributed by atoms with Crippen LogP contribution in [0.1, 0.15) is 233 Å². The SMILES string of the molecule is CC/C=C\C/C=C\C/C=C\CCCCCC(=O)OC(COC(=O)CCCCCCC/C=C\CCCCC)COC(=O)CCCCCCCCC/C=C\C/C=C\CCCCC. The summed E-state index contributed by atoms with van der Waals surface area (Å²) in [5.74, 6) is -0.942. The highest BCUT2D eigenvalue weighted by Gasteiger charge is 2.19. The second-order valence-electron chi connectivity index (χ2n) is 16.3. The molecule has 1 atom stereocenters. The van der Waals surface area contributed by atoms with E-state index in [-0.39, 0.29) is 31.1 Å². The van der Waals surface area contributed by atoms with Crippen LogP contribution in [0.2, 0.25) is 0 Å². The van der Waals surface area contributed by atoms with Crippen molar-refractivity contribution in [2.24, 2.45) is 0 Å². The van der Waals surface area contributed by atoms with Crippen LogP contribution in [0.15, 0.2) is 72.9 Å². The van der Waals surface area contributed by atoms with Crippen molar-refractivity contribution < 1.29 is 28.6 Å². The quantitative estimate of drug-likeness (QED) is 0.0263. The molecule has 60 heavy (non-hydrogen) atoms. The normalized spacial score (nSPS) is 12.7. The molecule has 0 aromatic rings. The third-order valence-electron chi connectivity index (χ3n) is 10.4. The molecular formula is C54H92O6. The fourth-order valence-electron chi connectivity index (χ4n) is 6.66. The predicted octanol–water partition coefficient (Wildman–Crippen LogP) is 16.3. The number of allylic oxidation sites excluding steroid dienone is 12. The van der Waals surface area contributed by atoms with Gasteiger partial charge in [0, 0.05) is 19.3 Å². The molecule has 0 fully saturated rings. The van der Waals surface area contributed by atoms with Crippen molar-refractivity contribution in [2.45, 2.75) is 239 Å². The Kier molecular flexibility index (Phi) is 46.0. The standard InChI is InChI=1S/C54H92O6/c1-4-7-10-13-16-19-22-25-26-27-28-30-32-35-38-41-44-47-53(56)59-50-51(49-58-52(55)46-43-40-37-34-31-24-21-18-15-12-9-6-3)60-54(57)48-45-42-39-36-33-29-23-20-17-14-11-8-5-2/h8,11,16-21,25-26,29,33,51H,4-7,9-10,12-15,22-24,27-28,30-32,34-50H2,1-3H3/b11-8-,19-16-,20-17-,21-18-,26-25-,33-29-. The van der Waals surface area contributed by atoms with Gasteiger partial charge >= 0.3 is 17.9 Å². The lowest BCUT2D eigenvalue weighted by atomic mass is 10.1. The summed E-state index contributed by atoms with van der Waals surface area (Å²) in [6, 6.07) is 0. The van der Waals surface area contributed by atoms with Gasteiger partial charge in [-0.15, -0.1) is 0 Å². The molecule has 0 heterocycles. The minimum absolute atomic E-state index is 0.0945. The maximum atomic E-state index is 12.7. The number of hydrogen-bond donors (Lipinski definition) is 0. The molecule has 0 saturated heterocycles. The Balaban J connectivity index is 4.43. The molecule has 6 nitrogen and oxygen atoms in total. The van der Waals surface area contributed by atoms with Crippen LogP contribution in [-0.2, 0) is 28.6 Å². The van der Waals surface area contributed by atoms with E-state index in [1.54, 1.807) is 0 Å². The van der Waals surface area contributed by atoms with Gasteiger partial charge in [0.15, 0.2) is 6.10 Å². The van der Waals surface area contributed by atoms with Gasteiger partial charge in [0.05, 0.1) is 0 Å². The number of carbonyl (C=O) groups excluding carboxylic acids is 3. The average Bonchev–Trinajstić information content (AvgIpc) is 3.24. The van der Waals surface area contributed by atoms with E-state index in [0.717, 1.165) is 103 Å². The highest BCUT2D eigenvalue weighted by Crippen LogP contribution is 2.13. The highest BCUT2D eigenvalue weighted by molar-refractivity contribution is 5.71. The van der Waals surface area contributed by atoms with Crippen LogP contribution in [0.5, 0.6) is 0 Å². The summed E-state index contributed by atoms with van der Waals surface area (Å²) < 4.78 is 16.7. The molecule has 344 valence electrons. The number of carbonyl (C=O) groups is 3. The zero-order valence-electron chi connectivity index (χ0n) is 39.2. The Morgan fingerprint density at radius 2 is 0.650 bits per heavy atom. The van der Waals surface area contributed by atoms with Crippen LogP contribution in [0, 0.1) is 0 Å². The van der Waals surface area contributed by atoms with Crippen LogP contribution < -0.4 is 0 Å². The second kappa shape index (κ2) is 48.5. The van der Waals surface area contributed by atoms with Gasteiger partial charge in [-0.2, -0.15) is 0 Å². The number of rotatable bonds is 44. The van der Waals surface area contributed by atoms with E-state index < -0.39 is 6.10 Å². The van der Waals surface area contributed by atoms with E-state index in [1.807, 2.05) is 0 Å². The van der Waals surface area contributed by atoms with Crippen molar-refractivity contribution in [3.8, 4) is 0 Å². The van der Waals surface area contributed by atoms with Gasteiger partial charge in [-0.1, -0.05) is 177 Å². The minimum atomic E-state index is -0.796. The van der Waals surface area contributed by atoms with Crippen molar-refractivity contribution in [1.82, 2.24) is 0 Å². The first kappa shape index (κ1) is 56.9. The third kappa shape index (κ3) is 45.9. The van der Waals surface area contributed by atoms with E-state index in [9.17, 15) is 14.4 Å². The molecule has 0 amide bonds. The first-order valence-corrected chi connectivity index (χ1v) is 24.9. The van der Waals surface area contributed by atoms with Gasteiger partial charge in [-0.05, 0) is 109 Å². The van der Waals surface area contributed by atoms with Crippen LogP contribution in [0.3, 0.4) is 0 Å². The minimum Gasteiger partial charge on any atom is -0.462 e. The van der Waals surface area contributed by atoms with E-state index >= 15 is 0 Å². The number of esters is 3. The Bertz CT molecular complexity index is 1140. The summed E-state index contributed by atoms with van der Waals surface area (Å²) in [4.78, 5) is 37.9. The maximum Gasteiger partial charge on any atom is 0.306 e. The molecule has 0 bridgehead atoms. The lowest BCUT2D eigenvalue weighted by Gasteiger charge is -2.18. The van der Waals surface area contributed by atoms with Crippen LogP contribution in [-0.4, -0.2) is 37.2 Å². The van der Waals surface area contributed by atoms with Crippen molar-refractivity contribution in [1.29, 1.82) is 0 Å². The Hall–Kier alpha value is -3.15. The maximum absolute atomic E-state index is 12.7. The van der Waals surface area contributed by atoms with E-state index in [2.05, 4.69) is 93.7 Å². The van der Waals surface area contributed by atoms with Crippen LogP contribution >= 0.6 is 0 Å². The lowest BCUT2D eigenvalue weighted by Crippen LogP contribution is -2.30. The van der Waals surface area contributed by atoms with Gasteiger partial charge in [0.2, 0.25) is 0 Å².